The van der Waals surface area contributed by atoms with Gasteiger partial charge in [0.25, 0.3) is 0 Å². The summed E-state index contributed by atoms with van der Waals surface area (Å²) in [6, 6.07) is 6.52. The fraction of sp³-hybridized carbons (Fsp3) is 0.538. The molecule has 1 aromatic rings. The van der Waals surface area contributed by atoms with Crippen LogP contribution in [0.1, 0.15) is 19.4 Å². The number of nitrogens with one attached hydrogen (secondary N) is 1. The minimum absolute atomic E-state index is 0.679. The van der Waals surface area contributed by atoms with E-state index in [-0.39, 0.29) is 0 Å². The van der Waals surface area contributed by atoms with Gasteiger partial charge in [0.1, 0.15) is 0 Å². The van der Waals surface area contributed by atoms with Gasteiger partial charge in [-0.1, -0.05) is 13.8 Å². The molecule has 1 N–H and O–H groups in total. The van der Waals surface area contributed by atoms with E-state index in [0.29, 0.717) is 5.92 Å². The van der Waals surface area contributed by atoms with Crippen LogP contribution in [0.25, 0.3) is 0 Å². The van der Waals surface area contributed by atoms with Crippen LogP contribution in [-0.4, -0.2) is 20.6 Å². The monoisotopic (exact) mass is 206 g/mol. The van der Waals surface area contributed by atoms with Crippen LogP contribution < -0.4 is 10.2 Å². The maximum atomic E-state index is 3.46. The van der Waals surface area contributed by atoms with Crippen LogP contribution in [0.4, 0.5) is 11.4 Å². The number of hydrogen-bond donors (Lipinski definition) is 1. The second-order valence-corrected chi connectivity index (χ2v) is 4.67. The van der Waals surface area contributed by atoms with E-state index in [4.69, 9.17) is 0 Å². The molecular weight excluding hydrogens is 184 g/mol. The second-order valence-electron chi connectivity index (χ2n) is 4.67. The highest BCUT2D eigenvalue weighted by atomic mass is 15.1. The van der Waals surface area contributed by atoms with Gasteiger partial charge in [0.2, 0.25) is 0 Å². The topological polar surface area (TPSA) is 15.3 Å². The van der Waals surface area contributed by atoms with E-state index in [0.717, 1.165) is 6.54 Å². The number of hydrogen-bond acceptors (Lipinski definition) is 2. The Morgan fingerprint density at radius 3 is 2.40 bits per heavy atom. The van der Waals surface area contributed by atoms with Gasteiger partial charge in [-0.05, 0) is 36.6 Å². The zero-order valence-corrected chi connectivity index (χ0v) is 10.5. The Morgan fingerprint density at radius 1 is 1.27 bits per heavy atom. The van der Waals surface area contributed by atoms with E-state index in [9.17, 15) is 0 Å². The van der Waals surface area contributed by atoms with Crippen molar-refractivity contribution in [1.29, 1.82) is 0 Å². The fourth-order valence-electron chi connectivity index (χ4n) is 1.44. The lowest BCUT2D eigenvalue weighted by molar-refractivity contribution is 0.688. The third-order valence-electron chi connectivity index (χ3n) is 2.43. The van der Waals surface area contributed by atoms with Crippen LogP contribution >= 0.6 is 0 Å². The minimum atomic E-state index is 0.679. The summed E-state index contributed by atoms with van der Waals surface area (Å²) >= 11 is 0. The van der Waals surface area contributed by atoms with Crippen LogP contribution in [0.3, 0.4) is 0 Å². The van der Waals surface area contributed by atoms with Crippen LogP contribution in [-0.2, 0) is 0 Å². The van der Waals surface area contributed by atoms with E-state index in [1.54, 1.807) is 0 Å². The molecule has 0 bridgehead atoms. The fourth-order valence-corrected chi connectivity index (χ4v) is 1.44. The van der Waals surface area contributed by atoms with E-state index < -0.39 is 0 Å². The van der Waals surface area contributed by atoms with Crippen molar-refractivity contribution in [3.8, 4) is 0 Å². The summed E-state index contributed by atoms with van der Waals surface area (Å²) in [7, 11) is 4.13. The van der Waals surface area contributed by atoms with Gasteiger partial charge in [0.05, 0.1) is 0 Å². The highest BCUT2D eigenvalue weighted by Crippen LogP contribution is 2.21. The van der Waals surface area contributed by atoms with E-state index in [1.165, 1.54) is 16.9 Å². The predicted molar refractivity (Wildman–Crippen MR) is 68.8 cm³/mol. The molecule has 2 nitrogen and oxygen atoms in total. The van der Waals surface area contributed by atoms with Gasteiger partial charge in [-0.15, -0.1) is 0 Å². The zero-order valence-electron chi connectivity index (χ0n) is 10.5. The molecule has 1 aromatic carbocycles. The Bertz CT molecular complexity index is 316. The molecule has 15 heavy (non-hydrogen) atoms. The number of aryl methyl sites for hydroxylation is 1. The van der Waals surface area contributed by atoms with E-state index in [2.05, 4.69) is 63.3 Å². The first-order chi connectivity index (χ1) is 7.00. The largest absolute Gasteiger partial charge is 0.385 e. The van der Waals surface area contributed by atoms with Gasteiger partial charge in [0.15, 0.2) is 0 Å². The van der Waals surface area contributed by atoms with E-state index >= 15 is 0 Å². The molecule has 0 aliphatic heterocycles. The SMILES string of the molecule is Cc1cc(N(C)C)ccc1NCC(C)C. The Kier molecular flexibility index (Phi) is 4.01. The molecule has 0 heterocycles. The third kappa shape index (κ3) is 3.46. The molecule has 0 atom stereocenters. The van der Waals surface area contributed by atoms with Crippen molar-refractivity contribution >= 4 is 11.4 Å². The van der Waals surface area contributed by atoms with Crippen LogP contribution in [0.15, 0.2) is 18.2 Å². The van der Waals surface area contributed by atoms with Gasteiger partial charge in [-0.25, -0.2) is 0 Å². The van der Waals surface area contributed by atoms with Gasteiger partial charge in [-0.3, -0.25) is 0 Å². The molecule has 0 amide bonds. The van der Waals surface area contributed by atoms with Crippen LogP contribution in [0.5, 0.6) is 0 Å². The van der Waals surface area contributed by atoms with Crippen molar-refractivity contribution < 1.29 is 0 Å². The molecule has 0 aromatic heterocycles. The molecule has 0 spiro atoms. The molecule has 84 valence electrons. The second kappa shape index (κ2) is 5.06. The average molecular weight is 206 g/mol. The van der Waals surface area contributed by atoms with Gasteiger partial charge >= 0.3 is 0 Å². The van der Waals surface area contributed by atoms with Crippen molar-refractivity contribution in [2.75, 3.05) is 30.9 Å². The number of benzene rings is 1. The lowest BCUT2D eigenvalue weighted by Crippen LogP contribution is -2.11. The maximum absolute atomic E-state index is 3.46. The average Bonchev–Trinajstić information content (AvgIpc) is 2.15. The Hall–Kier alpha value is -1.18. The lowest BCUT2D eigenvalue weighted by atomic mass is 10.1. The van der Waals surface area contributed by atoms with Crippen molar-refractivity contribution in [1.82, 2.24) is 0 Å². The summed E-state index contributed by atoms with van der Waals surface area (Å²) < 4.78 is 0. The van der Waals surface area contributed by atoms with Gasteiger partial charge in [0, 0.05) is 32.0 Å². The first-order valence-corrected chi connectivity index (χ1v) is 5.52. The van der Waals surface area contributed by atoms with Crippen molar-refractivity contribution in [3.63, 3.8) is 0 Å². The normalized spacial score (nSPS) is 10.5. The minimum Gasteiger partial charge on any atom is -0.385 e. The molecule has 2 heteroatoms. The smallest absolute Gasteiger partial charge is 0.0371 e. The quantitative estimate of drug-likeness (QED) is 0.814. The zero-order chi connectivity index (χ0) is 11.4. The van der Waals surface area contributed by atoms with Crippen LogP contribution in [0.2, 0.25) is 0 Å². The van der Waals surface area contributed by atoms with Crippen LogP contribution in [0, 0.1) is 12.8 Å². The summed E-state index contributed by atoms with van der Waals surface area (Å²) in [6.07, 6.45) is 0. The number of rotatable bonds is 4. The molecule has 0 aliphatic rings. The summed E-state index contributed by atoms with van der Waals surface area (Å²) in [5.74, 6) is 0.679. The summed E-state index contributed by atoms with van der Waals surface area (Å²) in [5, 5.41) is 3.46. The first kappa shape index (κ1) is 11.9. The molecular formula is C13H22N2. The van der Waals surface area contributed by atoms with Gasteiger partial charge < -0.3 is 10.2 Å². The molecule has 0 saturated heterocycles. The molecule has 0 saturated carbocycles. The molecule has 0 fully saturated rings. The lowest BCUT2D eigenvalue weighted by Gasteiger charge is -2.16. The number of nitrogens with zero attached hydrogens (tertiary/aromatic N) is 1. The van der Waals surface area contributed by atoms with E-state index in [1.807, 2.05) is 0 Å². The summed E-state index contributed by atoms with van der Waals surface area (Å²) in [5.41, 5.74) is 3.80. The first-order valence-electron chi connectivity index (χ1n) is 5.52. The van der Waals surface area contributed by atoms with Crippen molar-refractivity contribution in [2.45, 2.75) is 20.8 Å². The summed E-state index contributed by atoms with van der Waals surface area (Å²) in [6.45, 7) is 7.62. The molecule has 0 aliphatic carbocycles. The van der Waals surface area contributed by atoms with Crippen molar-refractivity contribution in [3.05, 3.63) is 23.8 Å². The summed E-state index contributed by atoms with van der Waals surface area (Å²) in [4.78, 5) is 2.12. The highest BCUT2D eigenvalue weighted by molar-refractivity contribution is 5.59. The highest BCUT2D eigenvalue weighted by Gasteiger charge is 2.01. The predicted octanol–water partition coefficient (Wildman–Crippen LogP) is 3.13. The van der Waals surface area contributed by atoms with Crippen molar-refractivity contribution in [2.24, 2.45) is 5.92 Å². The standard InChI is InChI=1S/C13H22N2/c1-10(2)9-14-13-7-6-12(15(4)5)8-11(13)3/h6-8,10,14H,9H2,1-5H3. The molecule has 1 rings (SSSR count). The molecule has 0 radical (unpaired) electrons. The maximum Gasteiger partial charge on any atom is 0.0371 e. The molecule has 0 unspecified atom stereocenters. The number of anilines is 2. The Balaban J connectivity index is 2.75. The third-order valence-corrected chi connectivity index (χ3v) is 2.43. The Morgan fingerprint density at radius 2 is 1.93 bits per heavy atom. The Labute approximate surface area is 93.3 Å². The van der Waals surface area contributed by atoms with Gasteiger partial charge in [-0.2, -0.15) is 0 Å².